The Morgan fingerprint density at radius 1 is 1.05 bits per heavy atom. The Balaban J connectivity index is 1.61. The van der Waals surface area contributed by atoms with Crippen LogP contribution in [-0.4, -0.2) is 37.0 Å². The molecule has 0 spiro atoms. The fourth-order valence-electron chi connectivity index (χ4n) is 3.41. The van der Waals surface area contributed by atoms with Gasteiger partial charge in [-0.2, -0.15) is 0 Å². The van der Waals surface area contributed by atoms with Crippen molar-refractivity contribution in [2.45, 2.75) is 70.3 Å². The van der Waals surface area contributed by atoms with Crippen LogP contribution < -0.4 is 5.32 Å². The van der Waals surface area contributed by atoms with Gasteiger partial charge in [0.15, 0.2) is 0 Å². The lowest BCUT2D eigenvalue weighted by molar-refractivity contribution is -0.122. The van der Waals surface area contributed by atoms with Gasteiger partial charge in [0.25, 0.3) is 0 Å². The molecule has 0 aromatic rings. The lowest BCUT2D eigenvalue weighted by atomic mass is 9.92. The van der Waals surface area contributed by atoms with Crippen LogP contribution in [0.25, 0.3) is 0 Å². The summed E-state index contributed by atoms with van der Waals surface area (Å²) < 4.78 is 0. The van der Waals surface area contributed by atoms with Gasteiger partial charge in [-0.15, -0.1) is 0 Å². The van der Waals surface area contributed by atoms with E-state index >= 15 is 0 Å². The lowest BCUT2D eigenvalue weighted by Gasteiger charge is -2.28. The molecule has 1 heterocycles. The molecule has 3 nitrogen and oxygen atoms in total. The zero-order valence-electron chi connectivity index (χ0n) is 12.5. The summed E-state index contributed by atoms with van der Waals surface area (Å²) in [5.74, 6) is 1.07. The third-order valence-electron chi connectivity index (χ3n) is 4.84. The summed E-state index contributed by atoms with van der Waals surface area (Å²) in [6, 6.07) is 0.465. The Morgan fingerprint density at radius 2 is 1.68 bits per heavy atom. The normalized spacial score (nSPS) is 24.1. The van der Waals surface area contributed by atoms with Crippen LogP contribution in [0.5, 0.6) is 0 Å². The maximum atomic E-state index is 12.0. The van der Waals surface area contributed by atoms with Crippen LogP contribution in [0.4, 0.5) is 0 Å². The van der Waals surface area contributed by atoms with Crippen LogP contribution in [-0.2, 0) is 4.79 Å². The molecule has 1 amide bonds. The van der Waals surface area contributed by atoms with E-state index in [1.54, 1.807) is 0 Å². The number of carbonyl (C=O) groups excluding carboxylic acids is 1. The summed E-state index contributed by atoms with van der Waals surface area (Å²) in [6.07, 6.45) is 12.0. The van der Waals surface area contributed by atoms with Gasteiger partial charge < -0.3 is 10.2 Å². The number of hydrogen-bond donors (Lipinski definition) is 1. The van der Waals surface area contributed by atoms with Crippen molar-refractivity contribution in [1.82, 2.24) is 10.2 Å². The molecule has 0 aromatic carbocycles. The molecule has 0 unspecified atom stereocenters. The van der Waals surface area contributed by atoms with E-state index in [9.17, 15) is 4.79 Å². The van der Waals surface area contributed by atoms with Gasteiger partial charge in [0.05, 0.1) is 0 Å². The van der Waals surface area contributed by atoms with Crippen LogP contribution in [0, 0.1) is 5.92 Å². The third kappa shape index (κ3) is 5.52. The lowest BCUT2D eigenvalue weighted by Crippen LogP contribution is -2.35. The summed E-state index contributed by atoms with van der Waals surface area (Å²) in [4.78, 5) is 14.4. The van der Waals surface area contributed by atoms with Crippen molar-refractivity contribution in [3.63, 3.8) is 0 Å². The standard InChI is InChI=1S/C16H30N2O/c1-18-12-10-14(11-13-18)8-9-16(19)17-15-6-4-2-3-5-7-15/h14-15H,2-13H2,1H3,(H,17,19). The van der Waals surface area contributed by atoms with Gasteiger partial charge in [-0.1, -0.05) is 25.7 Å². The highest BCUT2D eigenvalue weighted by Gasteiger charge is 2.19. The van der Waals surface area contributed by atoms with Crippen LogP contribution in [0.2, 0.25) is 0 Å². The van der Waals surface area contributed by atoms with Crippen molar-refractivity contribution < 1.29 is 4.79 Å². The first-order valence-corrected chi connectivity index (χ1v) is 8.22. The molecule has 3 heteroatoms. The van der Waals surface area contributed by atoms with E-state index in [2.05, 4.69) is 17.3 Å². The third-order valence-corrected chi connectivity index (χ3v) is 4.84. The van der Waals surface area contributed by atoms with E-state index in [0.29, 0.717) is 11.9 Å². The molecular formula is C16H30N2O. The van der Waals surface area contributed by atoms with Gasteiger partial charge in [0, 0.05) is 12.5 Å². The fourth-order valence-corrected chi connectivity index (χ4v) is 3.41. The van der Waals surface area contributed by atoms with Crippen molar-refractivity contribution in [1.29, 1.82) is 0 Å². The first kappa shape index (κ1) is 14.8. The number of likely N-dealkylation sites (tertiary alicyclic amines) is 1. The molecule has 1 N–H and O–H groups in total. The van der Waals surface area contributed by atoms with Crippen LogP contribution in [0.15, 0.2) is 0 Å². The minimum atomic E-state index is 0.297. The minimum Gasteiger partial charge on any atom is -0.353 e. The predicted molar refractivity (Wildman–Crippen MR) is 79.1 cm³/mol. The second-order valence-corrected chi connectivity index (χ2v) is 6.54. The molecule has 2 fully saturated rings. The van der Waals surface area contributed by atoms with Gasteiger partial charge in [0.1, 0.15) is 0 Å². The minimum absolute atomic E-state index is 0.297. The molecule has 19 heavy (non-hydrogen) atoms. The van der Waals surface area contributed by atoms with E-state index in [4.69, 9.17) is 0 Å². The number of carbonyl (C=O) groups is 1. The van der Waals surface area contributed by atoms with Crippen molar-refractivity contribution in [2.75, 3.05) is 20.1 Å². The second-order valence-electron chi connectivity index (χ2n) is 6.54. The van der Waals surface area contributed by atoms with E-state index in [1.165, 1.54) is 64.5 Å². The van der Waals surface area contributed by atoms with Crippen molar-refractivity contribution in [2.24, 2.45) is 5.92 Å². The smallest absolute Gasteiger partial charge is 0.220 e. The molecule has 0 atom stereocenters. The number of piperidine rings is 1. The molecule has 2 rings (SSSR count). The van der Waals surface area contributed by atoms with E-state index < -0.39 is 0 Å². The number of hydrogen-bond acceptors (Lipinski definition) is 2. The highest BCUT2D eigenvalue weighted by atomic mass is 16.1. The topological polar surface area (TPSA) is 32.3 Å². The summed E-state index contributed by atoms with van der Waals surface area (Å²) in [7, 11) is 2.19. The Hall–Kier alpha value is -0.570. The first-order valence-electron chi connectivity index (χ1n) is 8.22. The van der Waals surface area contributed by atoms with Crippen molar-refractivity contribution in [3.05, 3.63) is 0 Å². The van der Waals surface area contributed by atoms with Gasteiger partial charge in [-0.25, -0.2) is 0 Å². The first-order chi connectivity index (χ1) is 9.24. The quantitative estimate of drug-likeness (QED) is 0.794. The maximum absolute atomic E-state index is 12.0. The second kappa shape index (κ2) is 7.88. The highest BCUT2D eigenvalue weighted by Crippen LogP contribution is 2.21. The highest BCUT2D eigenvalue weighted by molar-refractivity contribution is 5.76. The average molecular weight is 266 g/mol. The summed E-state index contributed by atoms with van der Waals surface area (Å²) in [5, 5.41) is 3.26. The summed E-state index contributed by atoms with van der Waals surface area (Å²) >= 11 is 0. The number of nitrogens with zero attached hydrogens (tertiary/aromatic N) is 1. The monoisotopic (exact) mass is 266 g/mol. The zero-order chi connectivity index (χ0) is 13.5. The Bertz CT molecular complexity index is 264. The molecule has 110 valence electrons. The van der Waals surface area contributed by atoms with Crippen LogP contribution in [0.3, 0.4) is 0 Å². The van der Waals surface area contributed by atoms with Gasteiger partial charge in [0.2, 0.25) is 5.91 Å². The van der Waals surface area contributed by atoms with Gasteiger partial charge in [-0.05, 0) is 58.2 Å². The fraction of sp³-hybridized carbons (Fsp3) is 0.938. The molecule has 1 aliphatic heterocycles. The van der Waals surface area contributed by atoms with E-state index in [1.807, 2.05) is 0 Å². The molecule has 0 aromatic heterocycles. The molecule has 1 saturated heterocycles. The maximum Gasteiger partial charge on any atom is 0.220 e. The average Bonchev–Trinajstić information content (AvgIpc) is 2.67. The van der Waals surface area contributed by atoms with Crippen molar-refractivity contribution >= 4 is 5.91 Å². The SMILES string of the molecule is CN1CCC(CCC(=O)NC2CCCCCC2)CC1. The van der Waals surface area contributed by atoms with Crippen LogP contribution in [0.1, 0.15) is 64.2 Å². The van der Waals surface area contributed by atoms with E-state index in [-0.39, 0.29) is 0 Å². The molecule has 0 bridgehead atoms. The van der Waals surface area contributed by atoms with E-state index in [0.717, 1.165) is 18.8 Å². The molecule has 0 radical (unpaired) electrons. The summed E-state index contributed by atoms with van der Waals surface area (Å²) in [5.41, 5.74) is 0. The molecule has 2 aliphatic rings. The molecular weight excluding hydrogens is 236 g/mol. The van der Waals surface area contributed by atoms with Crippen molar-refractivity contribution in [3.8, 4) is 0 Å². The number of nitrogens with one attached hydrogen (secondary N) is 1. The Labute approximate surface area is 118 Å². The zero-order valence-corrected chi connectivity index (χ0v) is 12.5. The van der Waals surface area contributed by atoms with Crippen LogP contribution >= 0.6 is 0 Å². The molecule has 1 aliphatic carbocycles. The van der Waals surface area contributed by atoms with Gasteiger partial charge in [-0.3, -0.25) is 4.79 Å². The Morgan fingerprint density at radius 3 is 2.32 bits per heavy atom. The molecule has 1 saturated carbocycles. The predicted octanol–water partition coefficient (Wildman–Crippen LogP) is 2.95. The number of amides is 1. The van der Waals surface area contributed by atoms with Gasteiger partial charge >= 0.3 is 0 Å². The largest absolute Gasteiger partial charge is 0.353 e. The Kier molecular flexibility index (Phi) is 6.15. The summed E-state index contributed by atoms with van der Waals surface area (Å²) in [6.45, 7) is 2.41. The number of rotatable bonds is 4.